The summed E-state index contributed by atoms with van der Waals surface area (Å²) < 4.78 is 5.62. The van der Waals surface area contributed by atoms with E-state index in [0.29, 0.717) is 19.1 Å². The molecule has 106 valence electrons. The van der Waals surface area contributed by atoms with Crippen LogP contribution in [0.2, 0.25) is 0 Å². The van der Waals surface area contributed by atoms with Crippen LogP contribution in [0.1, 0.15) is 37.8 Å². The third kappa shape index (κ3) is 5.64. The summed E-state index contributed by atoms with van der Waals surface area (Å²) in [4.78, 5) is 4.34. The Labute approximate surface area is 116 Å². The lowest BCUT2D eigenvalue weighted by Gasteiger charge is -2.10. The van der Waals surface area contributed by atoms with Crippen LogP contribution in [-0.2, 0) is 6.54 Å². The number of aryl methyl sites for hydroxylation is 1. The molecule has 0 aliphatic carbocycles. The van der Waals surface area contributed by atoms with Gasteiger partial charge in [-0.15, -0.1) is 0 Å². The summed E-state index contributed by atoms with van der Waals surface area (Å²) in [6.07, 6.45) is 2.25. The maximum Gasteiger partial charge on any atom is 0.188 e. The Morgan fingerprint density at radius 2 is 2.16 bits per heavy atom. The van der Waals surface area contributed by atoms with Crippen molar-refractivity contribution in [1.82, 2.24) is 5.32 Å². The Morgan fingerprint density at radius 3 is 2.84 bits per heavy atom. The first-order valence-electron chi connectivity index (χ1n) is 6.93. The van der Waals surface area contributed by atoms with Gasteiger partial charge in [-0.25, -0.2) is 4.99 Å². The first-order valence-corrected chi connectivity index (χ1v) is 6.93. The van der Waals surface area contributed by atoms with Crippen molar-refractivity contribution in [2.45, 2.75) is 40.2 Å². The van der Waals surface area contributed by atoms with Crippen LogP contribution in [0.5, 0.6) is 5.75 Å². The lowest BCUT2D eigenvalue weighted by atomic mass is 10.1. The monoisotopic (exact) mass is 263 g/mol. The highest BCUT2D eigenvalue weighted by Crippen LogP contribution is 2.21. The van der Waals surface area contributed by atoms with Crippen LogP contribution in [-0.4, -0.2) is 19.1 Å². The van der Waals surface area contributed by atoms with Gasteiger partial charge in [-0.2, -0.15) is 0 Å². The molecule has 0 unspecified atom stereocenters. The topological polar surface area (TPSA) is 59.6 Å². The average Bonchev–Trinajstić information content (AvgIpc) is 2.38. The van der Waals surface area contributed by atoms with Gasteiger partial charge in [-0.05, 0) is 31.9 Å². The first kappa shape index (κ1) is 15.3. The van der Waals surface area contributed by atoms with E-state index >= 15 is 0 Å². The average molecular weight is 263 g/mol. The number of hydrogen-bond acceptors (Lipinski definition) is 2. The van der Waals surface area contributed by atoms with E-state index in [2.05, 4.69) is 30.2 Å². The molecule has 0 amide bonds. The molecule has 0 atom stereocenters. The van der Waals surface area contributed by atoms with Gasteiger partial charge in [0, 0.05) is 12.1 Å². The van der Waals surface area contributed by atoms with Crippen LogP contribution >= 0.6 is 0 Å². The second-order valence-corrected chi connectivity index (χ2v) is 4.53. The van der Waals surface area contributed by atoms with Gasteiger partial charge in [0.15, 0.2) is 5.96 Å². The molecule has 0 heterocycles. The molecule has 3 N–H and O–H groups in total. The fourth-order valence-electron chi connectivity index (χ4n) is 1.70. The Bertz CT molecular complexity index is 416. The molecule has 0 saturated heterocycles. The van der Waals surface area contributed by atoms with Gasteiger partial charge >= 0.3 is 0 Å². The second kappa shape index (κ2) is 8.40. The van der Waals surface area contributed by atoms with Crippen LogP contribution in [0.15, 0.2) is 23.2 Å². The third-order valence-corrected chi connectivity index (χ3v) is 2.78. The fourth-order valence-corrected chi connectivity index (χ4v) is 1.70. The van der Waals surface area contributed by atoms with Crippen molar-refractivity contribution in [2.24, 2.45) is 10.7 Å². The summed E-state index contributed by atoms with van der Waals surface area (Å²) in [6.45, 7) is 8.25. The number of aliphatic imine (C=N–C) groups is 1. The zero-order valence-corrected chi connectivity index (χ0v) is 12.2. The summed E-state index contributed by atoms with van der Waals surface area (Å²) >= 11 is 0. The van der Waals surface area contributed by atoms with Crippen molar-refractivity contribution in [3.8, 4) is 5.75 Å². The summed E-state index contributed by atoms with van der Waals surface area (Å²) in [7, 11) is 0. The van der Waals surface area contributed by atoms with Gasteiger partial charge in [0.2, 0.25) is 0 Å². The minimum atomic E-state index is 0.497. The van der Waals surface area contributed by atoms with Crippen molar-refractivity contribution in [2.75, 3.05) is 13.2 Å². The molecule has 4 nitrogen and oxygen atoms in total. The predicted octanol–water partition coefficient (Wildman–Crippen LogP) is 2.60. The fraction of sp³-hybridized carbons (Fsp3) is 0.533. The van der Waals surface area contributed by atoms with E-state index in [4.69, 9.17) is 10.5 Å². The van der Waals surface area contributed by atoms with Crippen molar-refractivity contribution in [3.63, 3.8) is 0 Å². The van der Waals surface area contributed by atoms with Crippen molar-refractivity contribution in [3.05, 3.63) is 29.3 Å². The van der Waals surface area contributed by atoms with Gasteiger partial charge in [-0.3, -0.25) is 0 Å². The maximum absolute atomic E-state index is 5.81. The van der Waals surface area contributed by atoms with Crippen LogP contribution in [0.3, 0.4) is 0 Å². The number of ether oxygens (including phenoxy) is 1. The number of nitrogens with two attached hydrogens (primary N) is 1. The van der Waals surface area contributed by atoms with Gasteiger partial charge in [-0.1, -0.05) is 25.5 Å². The SMILES string of the molecule is CCCCNC(N)=NCc1ccc(C)cc1OCC. The maximum atomic E-state index is 5.81. The zero-order chi connectivity index (χ0) is 14.1. The van der Waals surface area contributed by atoms with Crippen LogP contribution in [0.4, 0.5) is 0 Å². The van der Waals surface area contributed by atoms with E-state index in [9.17, 15) is 0 Å². The molecular formula is C15H25N3O. The normalized spacial score (nSPS) is 11.4. The van der Waals surface area contributed by atoms with Crippen LogP contribution in [0.25, 0.3) is 0 Å². The largest absolute Gasteiger partial charge is 0.494 e. The van der Waals surface area contributed by atoms with E-state index in [1.807, 2.05) is 19.1 Å². The predicted molar refractivity (Wildman–Crippen MR) is 80.6 cm³/mol. The quantitative estimate of drug-likeness (QED) is 0.451. The summed E-state index contributed by atoms with van der Waals surface area (Å²) in [5, 5.41) is 3.10. The van der Waals surface area contributed by atoms with Crippen molar-refractivity contribution in [1.29, 1.82) is 0 Å². The number of guanidine groups is 1. The molecule has 0 aliphatic rings. The molecular weight excluding hydrogens is 238 g/mol. The standard InChI is InChI=1S/C15H25N3O/c1-4-6-9-17-15(16)18-11-13-8-7-12(3)10-14(13)19-5-2/h7-8,10H,4-6,9,11H2,1-3H3,(H3,16,17,18). The number of unbranched alkanes of at least 4 members (excludes halogenated alkanes) is 1. The Balaban J connectivity index is 2.63. The molecule has 0 spiro atoms. The van der Waals surface area contributed by atoms with Crippen LogP contribution < -0.4 is 15.8 Å². The number of hydrogen-bond donors (Lipinski definition) is 2. The van der Waals surface area contributed by atoms with E-state index in [0.717, 1.165) is 30.7 Å². The first-order chi connectivity index (χ1) is 9.17. The lowest BCUT2D eigenvalue weighted by molar-refractivity contribution is 0.336. The van der Waals surface area contributed by atoms with Gasteiger partial charge in [0.05, 0.1) is 13.2 Å². The molecule has 1 rings (SSSR count). The highest BCUT2D eigenvalue weighted by molar-refractivity contribution is 5.77. The summed E-state index contributed by atoms with van der Waals surface area (Å²) in [6, 6.07) is 6.15. The molecule has 1 aromatic carbocycles. The van der Waals surface area contributed by atoms with Crippen molar-refractivity contribution >= 4 is 5.96 Å². The highest BCUT2D eigenvalue weighted by atomic mass is 16.5. The highest BCUT2D eigenvalue weighted by Gasteiger charge is 2.03. The smallest absolute Gasteiger partial charge is 0.188 e. The second-order valence-electron chi connectivity index (χ2n) is 4.53. The van der Waals surface area contributed by atoms with Crippen LogP contribution in [0, 0.1) is 6.92 Å². The van der Waals surface area contributed by atoms with Gasteiger partial charge < -0.3 is 15.8 Å². The summed E-state index contributed by atoms with van der Waals surface area (Å²) in [5.41, 5.74) is 8.06. The Hall–Kier alpha value is -1.71. The van der Waals surface area contributed by atoms with Gasteiger partial charge in [0.1, 0.15) is 5.75 Å². The molecule has 0 aliphatic heterocycles. The Morgan fingerprint density at radius 1 is 1.37 bits per heavy atom. The van der Waals surface area contributed by atoms with Crippen molar-refractivity contribution < 1.29 is 4.74 Å². The molecule has 0 radical (unpaired) electrons. The molecule has 1 aromatic rings. The molecule has 0 saturated carbocycles. The van der Waals surface area contributed by atoms with E-state index in [1.165, 1.54) is 5.56 Å². The van der Waals surface area contributed by atoms with E-state index < -0.39 is 0 Å². The number of rotatable bonds is 7. The molecule has 0 bridgehead atoms. The Kier molecular flexibility index (Phi) is 6.79. The minimum Gasteiger partial charge on any atom is -0.494 e. The minimum absolute atomic E-state index is 0.497. The summed E-state index contributed by atoms with van der Waals surface area (Å²) in [5.74, 6) is 1.39. The molecule has 19 heavy (non-hydrogen) atoms. The number of nitrogens with zero attached hydrogens (tertiary/aromatic N) is 1. The van der Waals surface area contributed by atoms with Gasteiger partial charge in [0.25, 0.3) is 0 Å². The lowest BCUT2D eigenvalue weighted by Crippen LogP contribution is -2.32. The number of nitrogens with one attached hydrogen (secondary N) is 1. The van der Waals surface area contributed by atoms with E-state index in [1.54, 1.807) is 0 Å². The molecule has 0 fully saturated rings. The van der Waals surface area contributed by atoms with E-state index in [-0.39, 0.29) is 0 Å². The molecule has 0 aromatic heterocycles. The molecule has 4 heteroatoms. The third-order valence-electron chi connectivity index (χ3n) is 2.78. The zero-order valence-electron chi connectivity index (χ0n) is 12.2. The number of benzene rings is 1.